The average Bonchev–Trinajstić information content (AvgIpc) is 3.36. The number of H-pyrrole nitrogens is 1. The first-order chi connectivity index (χ1) is 15.0. The number of carbonyl (C=O) groups is 1. The van der Waals surface area contributed by atoms with Gasteiger partial charge in [0.15, 0.2) is 11.6 Å². The summed E-state index contributed by atoms with van der Waals surface area (Å²) in [6.07, 6.45) is 4.06. The largest absolute Gasteiger partial charge is 0.382 e. The molecule has 1 amide bonds. The van der Waals surface area contributed by atoms with Crippen molar-refractivity contribution >= 4 is 28.3 Å². The van der Waals surface area contributed by atoms with Gasteiger partial charge in [0.05, 0.1) is 36.1 Å². The number of pyridine rings is 1. The van der Waals surface area contributed by atoms with Gasteiger partial charge in [0, 0.05) is 44.0 Å². The molecule has 0 aliphatic carbocycles. The highest BCUT2D eigenvalue weighted by atomic mass is 19.2. The van der Waals surface area contributed by atoms with Crippen molar-refractivity contribution in [2.24, 2.45) is 0 Å². The maximum absolute atomic E-state index is 13.6. The molecule has 3 heterocycles. The predicted octanol–water partition coefficient (Wildman–Crippen LogP) is 3.64. The number of halogens is 2. The van der Waals surface area contributed by atoms with Gasteiger partial charge in [0.1, 0.15) is 5.82 Å². The SMILES string of the molecule is COCCO[C@@H]1CCN(c2ncc(C(=O)Nc3c[nH]c4cc(F)c(F)cc34)cc2C)C1. The van der Waals surface area contributed by atoms with Crippen LogP contribution in [-0.2, 0) is 9.47 Å². The van der Waals surface area contributed by atoms with Crippen molar-refractivity contribution in [1.29, 1.82) is 0 Å². The summed E-state index contributed by atoms with van der Waals surface area (Å²) >= 11 is 0. The number of ether oxygens (including phenoxy) is 2. The van der Waals surface area contributed by atoms with Crippen molar-refractivity contribution in [2.45, 2.75) is 19.4 Å². The fourth-order valence-corrected chi connectivity index (χ4v) is 3.79. The Balaban J connectivity index is 1.45. The van der Waals surface area contributed by atoms with Gasteiger partial charge < -0.3 is 24.7 Å². The Labute approximate surface area is 178 Å². The molecule has 2 aromatic heterocycles. The number of hydrogen-bond donors (Lipinski definition) is 2. The van der Waals surface area contributed by atoms with Gasteiger partial charge in [-0.1, -0.05) is 0 Å². The quantitative estimate of drug-likeness (QED) is 0.560. The maximum atomic E-state index is 13.6. The molecular formula is C22H24F2N4O3. The minimum Gasteiger partial charge on any atom is -0.382 e. The minimum atomic E-state index is -0.973. The molecule has 0 bridgehead atoms. The minimum absolute atomic E-state index is 0.131. The molecule has 0 unspecified atom stereocenters. The predicted molar refractivity (Wildman–Crippen MR) is 114 cm³/mol. The lowest BCUT2D eigenvalue weighted by Crippen LogP contribution is -2.25. The lowest BCUT2D eigenvalue weighted by atomic mass is 10.1. The molecule has 1 aromatic carbocycles. The molecule has 0 radical (unpaired) electrons. The number of nitrogens with one attached hydrogen (secondary N) is 2. The summed E-state index contributed by atoms with van der Waals surface area (Å²) < 4.78 is 37.8. The number of nitrogens with zero attached hydrogens (tertiary/aromatic N) is 2. The van der Waals surface area contributed by atoms with Crippen molar-refractivity contribution in [3.05, 3.63) is 53.4 Å². The summed E-state index contributed by atoms with van der Waals surface area (Å²) in [5, 5.41) is 3.13. The molecule has 1 aliphatic rings. The average molecular weight is 430 g/mol. The number of rotatable bonds is 7. The van der Waals surface area contributed by atoms with E-state index in [-0.39, 0.29) is 12.0 Å². The van der Waals surface area contributed by atoms with Crippen molar-refractivity contribution in [2.75, 3.05) is 43.6 Å². The van der Waals surface area contributed by atoms with Gasteiger partial charge in [-0.25, -0.2) is 13.8 Å². The monoisotopic (exact) mass is 430 g/mol. The van der Waals surface area contributed by atoms with Gasteiger partial charge in [-0.15, -0.1) is 0 Å². The molecule has 0 spiro atoms. The Kier molecular flexibility index (Phi) is 6.15. The number of methoxy groups -OCH3 is 1. The Morgan fingerprint density at radius 2 is 2.10 bits per heavy atom. The molecule has 7 nitrogen and oxygen atoms in total. The number of hydrogen-bond acceptors (Lipinski definition) is 5. The smallest absolute Gasteiger partial charge is 0.257 e. The molecule has 0 saturated carbocycles. The van der Waals surface area contributed by atoms with Crippen LogP contribution in [0, 0.1) is 18.6 Å². The summed E-state index contributed by atoms with van der Waals surface area (Å²) in [5.74, 6) is -1.48. The van der Waals surface area contributed by atoms with Crippen LogP contribution in [0.4, 0.5) is 20.3 Å². The zero-order chi connectivity index (χ0) is 22.0. The van der Waals surface area contributed by atoms with E-state index in [0.29, 0.717) is 35.4 Å². The van der Waals surface area contributed by atoms with E-state index in [1.807, 2.05) is 6.92 Å². The fourth-order valence-electron chi connectivity index (χ4n) is 3.79. The van der Waals surface area contributed by atoms with Crippen LogP contribution >= 0.6 is 0 Å². The number of fused-ring (bicyclic) bond motifs is 1. The Morgan fingerprint density at radius 3 is 2.87 bits per heavy atom. The lowest BCUT2D eigenvalue weighted by Gasteiger charge is -2.20. The van der Waals surface area contributed by atoms with Crippen LogP contribution in [0.15, 0.2) is 30.6 Å². The third-order valence-corrected chi connectivity index (χ3v) is 5.37. The number of aryl methyl sites for hydroxylation is 1. The zero-order valence-corrected chi connectivity index (χ0v) is 17.4. The van der Waals surface area contributed by atoms with Gasteiger partial charge in [-0.3, -0.25) is 4.79 Å². The van der Waals surface area contributed by atoms with E-state index in [1.165, 1.54) is 12.4 Å². The second-order valence-corrected chi connectivity index (χ2v) is 7.55. The highest BCUT2D eigenvalue weighted by molar-refractivity contribution is 6.09. The van der Waals surface area contributed by atoms with Gasteiger partial charge in [-0.05, 0) is 31.0 Å². The Hall–Kier alpha value is -3.04. The van der Waals surface area contributed by atoms with Crippen LogP contribution in [0.3, 0.4) is 0 Å². The normalized spacial score (nSPS) is 16.3. The highest BCUT2D eigenvalue weighted by Gasteiger charge is 2.25. The van der Waals surface area contributed by atoms with Crippen LogP contribution in [0.1, 0.15) is 22.3 Å². The topological polar surface area (TPSA) is 79.5 Å². The van der Waals surface area contributed by atoms with Gasteiger partial charge >= 0.3 is 0 Å². The Morgan fingerprint density at radius 1 is 1.29 bits per heavy atom. The molecule has 9 heteroatoms. The molecule has 1 aliphatic heterocycles. The van der Waals surface area contributed by atoms with Gasteiger partial charge in [-0.2, -0.15) is 0 Å². The lowest BCUT2D eigenvalue weighted by molar-refractivity contribution is 0.0280. The van der Waals surface area contributed by atoms with Gasteiger partial charge in [0.25, 0.3) is 5.91 Å². The number of anilines is 2. The number of amides is 1. The van der Waals surface area contributed by atoms with Crippen molar-refractivity contribution in [3.8, 4) is 0 Å². The Bertz CT molecular complexity index is 1100. The molecule has 31 heavy (non-hydrogen) atoms. The molecule has 3 aromatic rings. The zero-order valence-electron chi connectivity index (χ0n) is 17.4. The number of aromatic amines is 1. The third kappa shape index (κ3) is 4.52. The standard InChI is InChI=1S/C22H24F2N4O3/c1-13-7-14(10-26-21(13)28-4-3-15(12-28)31-6-5-30-2)22(29)27-20-11-25-19-9-18(24)17(23)8-16(19)20/h7-11,15,25H,3-6,12H2,1-2H3,(H,27,29)/t15-/m1/s1. The second kappa shape index (κ2) is 8.99. The number of benzene rings is 1. The van der Waals surface area contributed by atoms with E-state index in [0.717, 1.165) is 43.0 Å². The summed E-state index contributed by atoms with van der Waals surface area (Å²) in [7, 11) is 1.64. The van der Waals surface area contributed by atoms with Crippen LogP contribution in [0.5, 0.6) is 0 Å². The van der Waals surface area contributed by atoms with E-state index in [1.54, 1.807) is 13.2 Å². The molecule has 2 N–H and O–H groups in total. The van der Waals surface area contributed by atoms with E-state index in [2.05, 4.69) is 20.2 Å². The van der Waals surface area contributed by atoms with Crippen LogP contribution < -0.4 is 10.2 Å². The van der Waals surface area contributed by atoms with Crippen LogP contribution in [-0.4, -0.2) is 55.4 Å². The molecule has 1 saturated heterocycles. The second-order valence-electron chi connectivity index (χ2n) is 7.55. The summed E-state index contributed by atoms with van der Waals surface area (Å²) in [6.45, 7) is 4.59. The molecular weight excluding hydrogens is 406 g/mol. The van der Waals surface area contributed by atoms with Crippen molar-refractivity contribution < 1.29 is 23.0 Å². The summed E-state index contributed by atoms with van der Waals surface area (Å²) in [4.78, 5) is 22.2. The van der Waals surface area contributed by atoms with Crippen molar-refractivity contribution in [1.82, 2.24) is 9.97 Å². The first-order valence-corrected chi connectivity index (χ1v) is 10.1. The van der Waals surface area contributed by atoms with Crippen molar-refractivity contribution in [3.63, 3.8) is 0 Å². The fraction of sp³-hybridized carbons (Fsp3) is 0.364. The van der Waals surface area contributed by atoms with Crippen LogP contribution in [0.25, 0.3) is 10.9 Å². The first-order valence-electron chi connectivity index (χ1n) is 10.1. The maximum Gasteiger partial charge on any atom is 0.257 e. The molecule has 1 atom stereocenters. The molecule has 164 valence electrons. The molecule has 4 rings (SSSR count). The van der Waals surface area contributed by atoms with E-state index < -0.39 is 11.6 Å². The van der Waals surface area contributed by atoms with E-state index in [4.69, 9.17) is 9.47 Å². The number of carbonyl (C=O) groups excluding carboxylic acids is 1. The first kappa shape index (κ1) is 21.2. The van der Waals surface area contributed by atoms with E-state index in [9.17, 15) is 13.6 Å². The van der Waals surface area contributed by atoms with Gasteiger partial charge in [0.2, 0.25) is 0 Å². The van der Waals surface area contributed by atoms with E-state index >= 15 is 0 Å². The summed E-state index contributed by atoms with van der Waals surface area (Å²) in [5.41, 5.74) is 2.02. The summed E-state index contributed by atoms with van der Waals surface area (Å²) in [6, 6.07) is 3.89. The highest BCUT2D eigenvalue weighted by Crippen LogP contribution is 2.27. The molecule has 1 fully saturated rings. The van der Waals surface area contributed by atoms with Crippen LogP contribution in [0.2, 0.25) is 0 Å². The third-order valence-electron chi connectivity index (χ3n) is 5.37. The number of aromatic nitrogens is 2.